The van der Waals surface area contributed by atoms with Gasteiger partial charge in [0.15, 0.2) is 0 Å². The monoisotopic (exact) mass is 415 g/mol. The summed E-state index contributed by atoms with van der Waals surface area (Å²) in [7, 11) is 0. The van der Waals surface area contributed by atoms with E-state index in [1.807, 2.05) is 30.3 Å². The van der Waals surface area contributed by atoms with Crippen molar-refractivity contribution >= 4 is 23.0 Å². The lowest BCUT2D eigenvalue weighted by Crippen LogP contribution is -2.15. The van der Waals surface area contributed by atoms with E-state index < -0.39 is 0 Å². The average Bonchev–Trinajstić information content (AvgIpc) is 3.17. The van der Waals surface area contributed by atoms with Crippen LogP contribution in [-0.2, 0) is 11.3 Å². The molecule has 0 aliphatic carbocycles. The van der Waals surface area contributed by atoms with Crippen LogP contribution in [0.3, 0.4) is 0 Å². The van der Waals surface area contributed by atoms with Crippen LogP contribution >= 0.6 is 11.6 Å². The molecule has 5 heteroatoms. The largest absolute Gasteiger partial charge is 0.381 e. The van der Waals surface area contributed by atoms with E-state index in [1.165, 1.54) is 11.3 Å². The number of aromatic nitrogens is 2. The van der Waals surface area contributed by atoms with E-state index >= 15 is 0 Å². The molecule has 4 nitrogen and oxygen atoms in total. The summed E-state index contributed by atoms with van der Waals surface area (Å²) in [6, 6.07) is 22.5. The molecular weight excluding hydrogens is 394 g/mol. The summed E-state index contributed by atoms with van der Waals surface area (Å²) in [5, 5.41) is 0.720. The third kappa shape index (κ3) is 3.89. The van der Waals surface area contributed by atoms with Crippen LogP contribution in [0.2, 0.25) is 5.02 Å². The normalized spacial score (nSPS) is 14.2. The average molecular weight is 416 g/mol. The lowest BCUT2D eigenvalue weighted by atomic mass is 10.1. The SMILES string of the molecule is Clc1ccc(-c2nc3ccc(-c4ccccc4)cn3c2CN=C2CCOCC2)cc1. The summed E-state index contributed by atoms with van der Waals surface area (Å²) in [5.41, 5.74) is 7.56. The number of halogens is 1. The molecule has 0 bridgehead atoms. The summed E-state index contributed by atoms with van der Waals surface area (Å²) in [4.78, 5) is 9.87. The number of ether oxygens (including phenoxy) is 1. The lowest BCUT2D eigenvalue weighted by Gasteiger charge is -2.13. The molecule has 3 heterocycles. The van der Waals surface area contributed by atoms with Crippen LogP contribution in [0.15, 0.2) is 77.9 Å². The standard InChI is InChI=1S/C25H22ClN3O/c26-21-9-6-19(7-10-21)25-23(16-27-22-12-14-30-15-13-22)29-17-20(8-11-24(29)28-25)18-4-2-1-3-5-18/h1-11,17H,12-16H2. The number of imidazole rings is 1. The topological polar surface area (TPSA) is 38.9 Å². The van der Waals surface area contributed by atoms with Crippen molar-refractivity contribution in [3.05, 3.63) is 83.6 Å². The summed E-state index contributed by atoms with van der Waals surface area (Å²) in [6.45, 7) is 2.11. The van der Waals surface area contributed by atoms with Gasteiger partial charge in [0.1, 0.15) is 5.65 Å². The summed E-state index contributed by atoms with van der Waals surface area (Å²) < 4.78 is 7.64. The molecule has 1 saturated heterocycles. The van der Waals surface area contributed by atoms with Crippen molar-refractivity contribution in [2.24, 2.45) is 4.99 Å². The van der Waals surface area contributed by atoms with Crippen LogP contribution in [0.5, 0.6) is 0 Å². The number of benzene rings is 2. The van der Waals surface area contributed by atoms with Gasteiger partial charge in [-0.25, -0.2) is 4.98 Å². The predicted octanol–water partition coefficient (Wildman–Crippen LogP) is 6.07. The molecule has 1 aliphatic rings. The second-order valence-electron chi connectivity index (χ2n) is 7.42. The van der Waals surface area contributed by atoms with Gasteiger partial charge in [0, 0.05) is 35.3 Å². The van der Waals surface area contributed by atoms with E-state index in [2.05, 4.69) is 47.0 Å². The molecule has 0 amide bonds. The number of pyridine rings is 1. The van der Waals surface area contributed by atoms with Crippen LogP contribution in [-0.4, -0.2) is 28.3 Å². The molecule has 0 N–H and O–H groups in total. The van der Waals surface area contributed by atoms with Gasteiger partial charge in [0.25, 0.3) is 0 Å². The Hall–Kier alpha value is -2.95. The second-order valence-corrected chi connectivity index (χ2v) is 7.86. The number of nitrogens with zero attached hydrogens (tertiary/aromatic N) is 3. The van der Waals surface area contributed by atoms with E-state index in [9.17, 15) is 0 Å². The third-order valence-electron chi connectivity index (χ3n) is 5.46. The van der Waals surface area contributed by atoms with Gasteiger partial charge < -0.3 is 9.14 Å². The molecule has 0 unspecified atom stereocenters. The molecule has 150 valence electrons. The maximum absolute atomic E-state index is 6.11. The Morgan fingerprint density at radius 2 is 1.60 bits per heavy atom. The Morgan fingerprint density at radius 3 is 2.37 bits per heavy atom. The maximum Gasteiger partial charge on any atom is 0.137 e. The summed E-state index contributed by atoms with van der Waals surface area (Å²) >= 11 is 6.11. The van der Waals surface area contributed by atoms with E-state index in [1.54, 1.807) is 0 Å². The summed E-state index contributed by atoms with van der Waals surface area (Å²) in [5.74, 6) is 0. The first kappa shape index (κ1) is 19.0. The Kier molecular flexibility index (Phi) is 5.35. The van der Waals surface area contributed by atoms with Gasteiger partial charge >= 0.3 is 0 Å². The minimum atomic E-state index is 0.590. The zero-order valence-corrected chi connectivity index (χ0v) is 17.3. The van der Waals surface area contributed by atoms with E-state index in [0.29, 0.717) is 6.54 Å². The van der Waals surface area contributed by atoms with Gasteiger partial charge in [-0.2, -0.15) is 0 Å². The van der Waals surface area contributed by atoms with Crippen molar-refractivity contribution in [2.45, 2.75) is 19.4 Å². The Balaban J connectivity index is 1.63. The molecular formula is C25H22ClN3O. The van der Waals surface area contributed by atoms with E-state index in [0.717, 1.165) is 59.2 Å². The molecule has 1 fully saturated rings. The minimum absolute atomic E-state index is 0.590. The Morgan fingerprint density at radius 1 is 0.867 bits per heavy atom. The molecule has 4 aromatic rings. The van der Waals surface area contributed by atoms with Gasteiger partial charge in [0.2, 0.25) is 0 Å². The molecule has 0 saturated carbocycles. The first-order valence-corrected chi connectivity index (χ1v) is 10.6. The smallest absolute Gasteiger partial charge is 0.137 e. The molecule has 0 spiro atoms. The fourth-order valence-electron chi connectivity index (χ4n) is 3.84. The fourth-order valence-corrected chi connectivity index (χ4v) is 3.96. The maximum atomic E-state index is 6.11. The van der Waals surface area contributed by atoms with Crippen LogP contribution in [0.1, 0.15) is 18.5 Å². The zero-order chi connectivity index (χ0) is 20.3. The lowest BCUT2D eigenvalue weighted by molar-refractivity contribution is 0.134. The number of fused-ring (bicyclic) bond motifs is 1. The molecule has 30 heavy (non-hydrogen) atoms. The van der Waals surface area contributed by atoms with E-state index in [-0.39, 0.29) is 0 Å². The predicted molar refractivity (Wildman–Crippen MR) is 122 cm³/mol. The van der Waals surface area contributed by atoms with Crippen LogP contribution in [0.25, 0.3) is 28.0 Å². The highest BCUT2D eigenvalue weighted by Crippen LogP contribution is 2.29. The highest BCUT2D eigenvalue weighted by Gasteiger charge is 2.16. The molecule has 0 radical (unpaired) electrons. The van der Waals surface area contributed by atoms with Crippen molar-refractivity contribution in [3.63, 3.8) is 0 Å². The highest BCUT2D eigenvalue weighted by molar-refractivity contribution is 6.30. The van der Waals surface area contributed by atoms with Crippen LogP contribution < -0.4 is 0 Å². The van der Waals surface area contributed by atoms with Gasteiger partial charge in [0.05, 0.1) is 31.1 Å². The number of aliphatic imine (C=N–C) groups is 1. The number of hydrogen-bond acceptors (Lipinski definition) is 3. The second kappa shape index (κ2) is 8.42. The molecule has 1 aliphatic heterocycles. The molecule has 5 rings (SSSR count). The van der Waals surface area contributed by atoms with Crippen LogP contribution in [0.4, 0.5) is 0 Å². The highest BCUT2D eigenvalue weighted by atomic mass is 35.5. The Labute approximate surface area is 180 Å². The number of rotatable bonds is 4. The van der Waals surface area contributed by atoms with Crippen LogP contribution in [0, 0.1) is 0 Å². The first-order valence-electron chi connectivity index (χ1n) is 10.2. The van der Waals surface area contributed by atoms with Gasteiger partial charge in [-0.1, -0.05) is 54.1 Å². The van der Waals surface area contributed by atoms with Gasteiger partial charge in [-0.05, 0) is 35.4 Å². The fraction of sp³-hybridized carbons (Fsp3) is 0.200. The molecule has 0 atom stereocenters. The zero-order valence-electron chi connectivity index (χ0n) is 16.6. The van der Waals surface area contributed by atoms with Crippen molar-refractivity contribution in [1.29, 1.82) is 0 Å². The molecule has 2 aromatic heterocycles. The molecule has 2 aromatic carbocycles. The first-order chi connectivity index (χ1) is 14.8. The Bertz CT molecular complexity index is 1190. The van der Waals surface area contributed by atoms with Gasteiger partial charge in [-0.15, -0.1) is 0 Å². The van der Waals surface area contributed by atoms with E-state index in [4.69, 9.17) is 26.3 Å². The van der Waals surface area contributed by atoms with Crippen molar-refractivity contribution < 1.29 is 4.74 Å². The van der Waals surface area contributed by atoms with Crippen molar-refractivity contribution in [3.8, 4) is 22.4 Å². The van der Waals surface area contributed by atoms with Crippen molar-refractivity contribution in [1.82, 2.24) is 9.38 Å². The third-order valence-corrected chi connectivity index (χ3v) is 5.72. The minimum Gasteiger partial charge on any atom is -0.381 e. The quantitative estimate of drug-likeness (QED) is 0.405. The number of hydrogen-bond donors (Lipinski definition) is 0. The van der Waals surface area contributed by atoms with Gasteiger partial charge in [-0.3, -0.25) is 4.99 Å². The summed E-state index contributed by atoms with van der Waals surface area (Å²) in [6.07, 6.45) is 3.97. The van der Waals surface area contributed by atoms with Crippen molar-refractivity contribution in [2.75, 3.05) is 13.2 Å².